The van der Waals surface area contributed by atoms with Crippen LogP contribution in [0.25, 0.3) is 11.3 Å². The monoisotopic (exact) mass is 258 g/mol. The summed E-state index contributed by atoms with van der Waals surface area (Å²) < 4.78 is 5.33. The van der Waals surface area contributed by atoms with Crippen molar-refractivity contribution in [1.29, 1.82) is 0 Å². The van der Waals surface area contributed by atoms with Crippen molar-refractivity contribution in [2.24, 2.45) is 0 Å². The van der Waals surface area contributed by atoms with Crippen LogP contribution in [0, 0.1) is 6.92 Å². The predicted molar refractivity (Wildman–Crippen MR) is 72.4 cm³/mol. The summed E-state index contributed by atoms with van der Waals surface area (Å²) >= 11 is 0. The number of fused-ring (bicyclic) bond motifs is 1. The zero-order chi connectivity index (χ0) is 13.4. The van der Waals surface area contributed by atoms with E-state index in [4.69, 9.17) is 4.74 Å². The van der Waals surface area contributed by atoms with Gasteiger partial charge in [0.2, 0.25) is 0 Å². The molecule has 0 saturated heterocycles. The minimum atomic E-state index is -0.142. The second kappa shape index (κ2) is 4.31. The van der Waals surface area contributed by atoms with Gasteiger partial charge in [0.15, 0.2) is 6.61 Å². The van der Waals surface area contributed by atoms with E-state index in [1.807, 2.05) is 32.2 Å². The van der Waals surface area contributed by atoms with Crippen molar-refractivity contribution in [3.8, 4) is 17.0 Å². The van der Waals surface area contributed by atoms with Gasteiger partial charge in [-0.25, -0.2) is 0 Å². The molecule has 1 aliphatic rings. The Morgan fingerprint density at radius 2 is 2.26 bits per heavy atom. The van der Waals surface area contributed by atoms with Gasteiger partial charge in [-0.2, -0.15) is 5.10 Å². The predicted octanol–water partition coefficient (Wildman–Crippen LogP) is 1.76. The highest BCUT2D eigenvalue weighted by atomic mass is 16.5. The second-order valence-electron chi connectivity index (χ2n) is 4.37. The van der Waals surface area contributed by atoms with Crippen LogP contribution in [0.15, 0.2) is 18.2 Å². The number of carbonyl (C=O) groups is 1. The molecule has 0 radical (unpaired) electrons. The lowest BCUT2D eigenvalue weighted by Gasteiger charge is -2.18. The van der Waals surface area contributed by atoms with Gasteiger partial charge in [-0.15, -0.1) is 0 Å². The van der Waals surface area contributed by atoms with E-state index in [1.54, 1.807) is 0 Å². The maximum absolute atomic E-state index is 11.3. The first-order chi connectivity index (χ1) is 9.19. The third kappa shape index (κ3) is 1.91. The number of carbonyl (C=O) groups excluding carboxylic acids is 1. The number of H-pyrrole nitrogens is 1. The van der Waals surface area contributed by atoms with Gasteiger partial charge in [0.1, 0.15) is 11.4 Å². The Morgan fingerprint density at radius 3 is 3.05 bits per heavy atom. The number of amides is 1. The number of hydrogen-bond acceptors (Lipinski definition) is 4. The van der Waals surface area contributed by atoms with E-state index in [-0.39, 0.29) is 12.5 Å². The number of aromatic nitrogens is 2. The molecule has 0 saturated carbocycles. The molecule has 1 aliphatic heterocycles. The molecule has 3 N–H and O–H groups in total. The third-order valence-electron chi connectivity index (χ3n) is 3.08. The molecule has 0 unspecified atom stereocenters. The quantitative estimate of drug-likeness (QED) is 0.767. The van der Waals surface area contributed by atoms with E-state index in [0.29, 0.717) is 11.4 Å². The molecule has 0 atom stereocenters. The summed E-state index contributed by atoms with van der Waals surface area (Å²) in [5.74, 6) is 0.540. The van der Waals surface area contributed by atoms with Crippen LogP contribution in [0.1, 0.15) is 5.69 Å². The van der Waals surface area contributed by atoms with Crippen LogP contribution in [0.4, 0.5) is 11.4 Å². The minimum absolute atomic E-state index is 0.0651. The maximum atomic E-state index is 11.3. The van der Waals surface area contributed by atoms with Crippen molar-refractivity contribution in [3.63, 3.8) is 0 Å². The van der Waals surface area contributed by atoms with Crippen molar-refractivity contribution in [1.82, 2.24) is 10.2 Å². The topological polar surface area (TPSA) is 79.0 Å². The fourth-order valence-corrected chi connectivity index (χ4v) is 2.17. The van der Waals surface area contributed by atoms with Gasteiger partial charge in [-0.1, -0.05) is 0 Å². The normalized spacial score (nSPS) is 13.5. The van der Waals surface area contributed by atoms with Crippen molar-refractivity contribution in [2.45, 2.75) is 6.92 Å². The first-order valence-corrected chi connectivity index (χ1v) is 5.99. The highest BCUT2D eigenvalue weighted by Crippen LogP contribution is 2.35. The molecule has 1 aromatic heterocycles. The summed E-state index contributed by atoms with van der Waals surface area (Å²) in [6.45, 7) is 2.02. The van der Waals surface area contributed by atoms with Gasteiger partial charge in [0, 0.05) is 12.6 Å². The summed E-state index contributed by atoms with van der Waals surface area (Å²) in [5, 5.41) is 13.1. The number of aromatic amines is 1. The molecule has 2 heterocycles. The molecule has 1 aromatic carbocycles. The number of nitrogens with one attached hydrogen (secondary N) is 3. The minimum Gasteiger partial charge on any atom is -0.482 e. The Balaban J connectivity index is 2.06. The van der Waals surface area contributed by atoms with Gasteiger partial charge in [0.05, 0.1) is 17.1 Å². The second-order valence-corrected chi connectivity index (χ2v) is 4.37. The highest BCUT2D eigenvalue weighted by molar-refractivity contribution is 5.96. The molecule has 6 heteroatoms. The maximum Gasteiger partial charge on any atom is 0.262 e. The van der Waals surface area contributed by atoms with Crippen LogP contribution in [0.3, 0.4) is 0 Å². The van der Waals surface area contributed by atoms with E-state index in [0.717, 1.165) is 22.6 Å². The lowest BCUT2D eigenvalue weighted by atomic mass is 10.1. The van der Waals surface area contributed by atoms with E-state index in [9.17, 15) is 4.79 Å². The number of hydrogen-bond donors (Lipinski definition) is 3. The van der Waals surface area contributed by atoms with Crippen molar-refractivity contribution in [2.75, 3.05) is 24.3 Å². The molecule has 98 valence electrons. The van der Waals surface area contributed by atoms with Crippen LogP contribution in [0.5, 0.6) is 5.75 Å². The van der Waals surface area contributed by atoms with E-state index >= 15 is 0 Å². The fourth-order valence-electron chi connectivity index (χ4n) is 2.17. The van der Waals surface area contributed by atoms with E-state index in [2.05, 4.69) is 20.8 Å². The lowest BCUT2D eigenvalue weighted by molar-refractivity contribution is -0.118. The number of aryl methyl sites for hydroxylation is 1. The Bertz CT molecular complexity index is 648. The Kier molecular flexibility index (Phi) is 2.63. The molecule has 2 aromatic rings. The van der Waals surface area contributed by atoms with E-state index < -0.39 is 0 Å². The standard InChI is InChI=1S/C13H14N4O2/c1-7-12(14-2)13(17-16-7)8-3-4-10-9(5-8)15-11(18)6-19-10/h3-5,14H,6H2,1-2H3,(H,15,18)(H,16,17). The summed E-state index contributed by atoms with van der Waals surface area (Å²) in [5.41, 5.74) is 4.33. The average molecular weight is 258 g/mol. The molecule has 1 amide bonds. The summed E-state index contributed by atoms with van der Waals surface area (Å²) in [6.07, 6.45) is 0. The first-order valence-electron chi connectivity index (χ1n) is 5.99. The molecule has 0 fully saturated rings. The van der Waals surface area contributed by atoms with Crippen LogP contribution < -0.4 is 15.4 Å². The van der Waals surface area contributed by atoms with Gasteiger partial charge in [-0.05, 0) is 25.1 Å². The summed E-state index contributed by atoms with van der Waals surface area (Å²) in [4.78, 5) is 11.3. The van der Waals surface area contributed by atoms with Crippen LogP contribution >= 0.6 is 0 Å². The number of anilines is 2. The number of ether oxygens (including phenoxy) is 1. The van der Waals surface area contributed by atoms with Crippen LogP contribution in [-0.4, -0.2) is 29.8 Å². The smallest absolute Gasteiger partial charge is 0.262 e. The number of nitrogens with zero attached hydrogens (tertiary/aromatic N) is 1. The zero-order valence-corrected chi connectivity index (χ0v) is 10.7. The molecule has 0 aliphatic carbocycles. The van der Waals surface area contributed by atoms with E-state index in [1.165, 1.54) is 0 Å². The van der Waals surface area contributed by atoms with Gasteiger partial charge >= 0.3 is 0 Å². The van der Waals surface area contributed by atoms with Crippen molar-refractivity contribution < 1.29 is 9.53 Å². The largest absolute Gasteiger partial charge is 0.482 e. The fraction of sp³-hybridized carbons (Fsp3) is 0.231. The molecule has 6 nitrogen and oxygen atoms in total. The average Bonchev–Trinajstić information content (AvgIpc) is 2.79. The van der Waals surface area contributed by atoms with Crippen molar-refractivity contribution in [3.05, 3.63) is 23.9 Å². The van der Waals surface area contributed by atoms with Gasteiger partial charge < -0.3 is 15.4 Å². The number of benzene rings is 1. The lowest BCUT2D eigenvalue weighted by Crippen LogP contribution is -2.25. The van der Waals surface area contributed by atoms with Crippen LogP contribution in [0.2, 0.25) is 0 Å². The molecular formula is C13H14N4O2. The van der Waals surface area contributed by atoms with Gasteiger partial charge in [-0.3, -0.25) is 9.89 Å². The zero-order valence-electron chi connectivity index (χ0n) is 10.7. The highest BCUT2D eigenvalue weighted by Gasteiger charge is 2.18. The van der Waals surface area contributed by atoms with Crippen LogP contribution in [-0.2, 0) is 4.79 Å². The molecular weight excluding hydrogens is 244 g/mol. The Hall–Kier alpha value is -2.50. The van der Waals surface area contributed by atoms with Crippen molar-refractivity contribution >= 4 is 17.3 Å². The molecule has 0 spiro atoms. The Labute approximate surface area is 110 Å². The first kappa shape index (κ1) is 11.6. The SMILES string of the molecule is CNc1c(-c2ccc3c(c2)NC(=O)CO3)n[nH]c1C. The molecule has 0 bridgehead atoms. The molecule has 19 heavy (non-hydrogen) atoms. The van der Waals surface area contributed by atoms with Gasteiger partial charge in [0.25, 0.3) is 5.91 Å². The molecule has 3 rings (SSSR count). The summed E-state index contributed by atoms with van der Waals surface area (Å²) in [6, 6.07) is 5.63. The number of rotatable bonds is 2. The Morgan fingerprint density at radius 1 is 1.42 bits per heavy atom. The summed E-state index contributed by atoms with van der Waals surface area (Å²) in [7, 11) is 1.85. The third-order valence-corrected chi connectivity index (χ3v) is 3.08.